The van der Waals surface area contributed by atoms with E-state index in [4.69, 9.17) is 5.73 Å². The van der Waals surface area contributed by atoms with Crippen molar-refractivity contribution >= 4 is 32.7 Å². The molecule has 0 bridgehead atoms. The van der Waals surface area contributed by atoms with E-state index in [1.165, 1.54) is 5.56 Å². The summed E-state index contributed by atoms with van der Waals surface area (Å²) >= 11 is 3.35. The van der Waals surface area contributed by atoms with Gasteiger partial charge in [0.1, 0.15) is 5.82 Å². The molecule has 1 heterocycles. The Labute approximate surface area is 84.9 Å². The van der Waals surface area contributed by atoms with Crippen LogP contribution in [0.2, 0.25) is 0 Å². The monoisotopic (exact) mass is 236 g/mol. The molecule has 0 aliphatic heterocycles. The first kappa shape index (κ1) is 8.51. The lowest BCUT2D eigenvalue weighted by molar-refractivity contribution is 1.37. The summed E-state index contributed by atoms with van der Waals surface area (Å²) in [5.74, 6) is 0.540. The summed E-state index contributed by atoms with van der Waals surface area (Å²) in [5, 5.41) is 1.10. The zero-order chi connectivity index (χ0) is 9.42. The molecule has 13 heavy (non-hydrogen) atoms. The molecule has 0 atom stereocenters. The Hall–Kier alpha value is -1.09. The first-order valence-electron chi connectivity index (χ1n) is 3.99. The molecule has 1 aromatic carbocycles. The number of nitrogen functional groups attached to an aromatic ring is 1. The van der Waals surface area contributed by atoms with E-state index in [9.17, 15) is 0 Å². The highest BCUT2D eigenvalue weighted by molar-refractivity contribution is 9.10. The number of pyridine rings is 1. The quantitative estimate of drug-likeness (QED) is 0.765. The van der Waals surface area contributed by atoms with Crippen LogP contribution < -0.4 is 5.73 Å². The van der Waals surface area contributed by atoms with E-state index >= 15 is 0 Å². The molecule has 66 valence electrons. The van der Waals surface area contributed by atoms with Crippen LogP contribution in [0.25, 0.3) is 10.9 Å². The topological polar surface area (TPSA) is 38.9 Å². The number of nitrogens with zero attached hydrogens (tertiary/aromatic N) is 1. The number of hydrogen-bond acceptors (Lipinski definition) is 2. The molecule has 0 aliphatic rings. The molecule has 2 rings (SSSR count). The molecule has 0 saturated carbocycles. The van der Waals surface area contributed by atoms with Gasteiger partial charge in [0.15, 0.2) is 0 Å². The number of aryl methyl sites for hydroxylation is 1. The van der Waals surface area contributed by atoms with E-state index in [1.54, 1.807) is 0 Å². The van der Waals surface area contributed by atoms with Gasteiger partial charge in [-0.3, -0.25) is 0 Å². The molecular weight excluding hydrogens is 228 g/mol. The minimum absolute atomic E-state index is 0.540. The van der Waals surface area contributed by atoms with Gasteiger partial charge in [-0.25, -0.2) is 4.98 Å². The number of nitrogens with two attached hydrogens (primary N) is 1. The zero-order valence-electron chi connectivity index (χ0n) is 7.21. The Kier molecular flexibility index (Phi) is 1.96. The van der Waals surface area contributed by atoms with Gasteiger partial charge in [-0.05, 0) is 40.5 Å². The van der Waals surface area contributed by atoms with E-state index in [-0.39, 0.29) is 0 Å². The molecule has 0 spiro atoms. The fraction of sp³-hybridized carbons (Fsp3) is 0.100. The molecule has 0 saturated heterocycles. The van der Waals surface area contributed by atoms with E-state index in [0.717, 1.165) is 15.4 Å². The minimum Gasteiger partial charge on any atom is -0.383 e. The van der Waals surface area contributed by atoms with Crippen molar-refractivity contribution in [2.45, 2.75) is 6.92 Å². The van der Waals surface area contributed by atoms with Crippen molar-refractivity contribution in [2.75, 3.05) is 5.73 Å². The van der Waals surface area contributed by atoms with Gasteiger partial charge < -0.3 is 5.73 Å². The van der Waals surface area contributed by atoms with Crippen LogP contribution >= 0.6 is 15.9 Å². The predicted molar refractivity (Wildman–Crippen MR) is 58.6 cm³/mol. The molecule has 2 nitrogen and oxygen atoms in total. The third kappa shape index (κ3) is 1.52. The Morgan fingerprint density at radius 1 is 1.31 bits per heavy atom. The average molecular weight is 237 g/mol. The first-order valence-corrected chi connectivity index (χ1v) is 4.78. The summed E-state index contributed by atoms with van der Waals surface area (Å²) < 4.78 is 0.851. The smallest absolute Gasteiger partial charge is 0.138 e. The molecule has 0 unspecified atom stereocenters. The van der Waals surface area contributed by atoms with Crippen molar-refractivity contribution in [2.24, 2.45) is 0 Å². The maximum Gasteiger partial charge on any atom is 0.138 e. The Bertz CT molecular complexity index is 466. The molecule has 0 radical (unpaired) electrons. The van der Waals surface area contributed by atoms with Gasteiger partial charge in [0.2, 0.25) is 0 Å². The maximum absolute atomic E-state index is 5.68. The summed E-state index contributed by atoms with van der Waals surface area (Å²) in [6.45, 7) is 2.04. The van der Waals surface area contributed by atoms with Crippen molar-refractivity contribution in [3.05, 3.63) is 34.3 Å². The molecule has 2 aromatic rings. The largest absolute Gasteiger partial charge is 0.383 e. The SMILES string of the molecule is Cc1ccc2cc(Br)c(N)nc2c1. The Morgan fingerprint density at radius 3 is 2.85 bits per heavy atom. The van der Waals surface area contributed by atoms with Gasteiger partial charge in [0.05, 0.1) is 9.99 Å². The van der Waals surface area contributed by atoms with Crippen molar-refractivity contribution < 1.29 is 0 Å². The standard InChI is InChI=1S/C10H9BrN2/c1-6-2-3-7-5-8(11)10(12)13-9(7)4-6/h2-5H,1H3,(H2,12,13). The van der Waals surface area contributed by atoms with Gasteiger partial charge in [-0.1, -0.05) is 12.1 Å². The zero-order valence-corrected chi connectivity index (χ0v) is 8.80. The molecule has 0 aliphatic carbocycles. The number of hydrogen-bond donors (Lipinski definition) is 1. The summed E-state index contributed by atoms with van der Waals surface area (Å²) in [6, 6.07) is 8.11. The van der Waals surface area contributed by atoms with E-state index < -0.39 is 0 Å². The van der Waals surface area contributed by atoms with Gasteiger partial charge in [-0.15, -0.1) is 0 Å². The number of halogens is 1. The fourth-order valence-electron chi connectivity index (χ4n) is 1.27. The highest BCUT2D eigenvalue weighted by atomic mass is 79.9. The summed E-state index contributed by atoms with van der Waals surface area (Å²) in [6.07, 6.45) is 0. The second kappa shape index (κ2) is 3.00. The lowest BCUT2D eigenvalue weighted by Gasteiger charge is -2.02. The van der Waals surface area contributed by atoms with Crippen molar-refractivity contribution in [1.29, 1.82) is 0 Å². The third-order valence-electron chi connectivity index (χ3n) is 1.95. The predicted octanol–water partition coefficient (Wildman–Crippen LogP) is 2.89. The van der Waals surface area contributed by atoms with Crippen LogP contribution in [0.1, 0.15) is 5.56 Å². The molecule has 3 heteroatoms. The average Bonchev–Trinajstić information content (AvgIpc) is 2.08. The molecule has 2 N–H and O–H groups in total. The highest BCUT2D eigenvalue weighted by Gasteiger charge is 2.00. The van der Waals surface area contributed by atoms with Crippen LogP contribution in [0.3, 0.4) is 0 Å². The number of benzene rings is 1. The van der Waals surface area contributed by atoms with Gasteiger partial charge >= 0.3 is 0 Å². The van der Waals surface area contributed by atoms with Crippen LogP contribution in [0.15, 0.2) is 28.7 Å². The Morgan fingerprint density at radius 2 is 2.08 bits per heavy atom. The fourth-order valence-corrected chi connectivity index (χ4v) is 1.60. The molecule has 1 aromatic heterocycles. The number of rotatable bonds is 0. The molecule has 0 fully saturated rings. The summed E-state index contributed by atoms with van der Waals surface area (Å²) in [7, 11) is 0. The first-order chi connectivity index (χ1) is 6.16. The third-order valence-corrected chi connectivity index (χ3v) is 2.59. The Balaban J connectivity index is 2.81. The number of fused-ring (bicyclic) bond motifs is 1. The van der Waals surface area contributed by atoms with Crippen LogP contribution in [-0.2, 0) is 0 Å². The lowest BCUT2D eigenvalue weighted by Crippen LogP contribution is -1.92. The van der Waals surface area contributed by atoms with Crippen molar-refractivity contribution in [3.63, 3.8) is 0 Å². The van der Waals surface area contributed by atoms with Crippen LogP contribution in [0.5, 0.6) is 0 Å². The van der Waals surface area contributed by atoms with Crippen LogP contribution in [0.4, 0.5) is 5.82 Å². The lowest BCUT2D eigenvalue weighted by atomic mass is 10.1. The number of aromatic nitrogens is 1. The van der Waals surface area contributed by atoms with E-state index in [0.29, 0.717) is 5.82 Å². The van der Waals surface area contributed by atoms with Gasteiger partial charge in [0, 0.05) is 5.39 Å². The minimum atomic E-state index is 0.540. The molecule has 0 amide bonds. The highest BCUT2D eigenvalue weighted by Crippen LogP contribution is 2.23. The van der Waals surface area contributed by atoms with Crippen LogP contribution in [-0.4, -0.2) is 4.98 Å². The number of anilines is 1. The van der Waals surface area contributed by atoms with Gasteiger partial charge in [-0.2, -0.15) is 0 Å². The maximum atomic E-state index is 5.68. The second-order valence-corrected chi connectivity index (χ2v) is 3.91. The van der Waals surface area contributed by atoms with Gasteiger partial charge in [0.25, 0.3) is 0 Å². The normalized spacial score (nSPS) is 10.6. The molecular formula is C10H9BrN2. The van der Waals surface area contributed by atoms with E-state index in [1.807, 2.05) is 25.1 Å². The summed E-state index contributed by atoms with van der Waals surface area (Å²) in [4.78, 5) is 4.27. The summed E-state index contributed by atoms with van der Waals surface area (Å²) in [5.41, 5.74) is 7.82. The second-order valence-electron chi connectivity index (χ2n) is 3.05. The van der Waals surface area contributed by atoms with E-state index in [2.05, 4.69) is 27.0 Å². The van der Waals surface area contributed by atoms with Crippen LogP contribution in [0, 0.1) is 6.92 Å². The van der Waals surface area contributed by atoms with Crippen molar-refractivity contribution in [1.82, 2.24) is 4.98 Å². The van der Waals surface area contributed by atoms with Crippen molar-refractivity contribution in [3.8, 4) is 0 Å².